The van der Waals surface area contributed by atoms with Gasteiger partial charge in [-0.2, -0.15) is 0 Å². The molecule has 3 rings (SSSR count). The first-order chi connectivity index (χ1) is 10.9. The molecule has 0 radical (unpaired) electrons. The molecule has 1 N–H and O–H groups in total. The van der Waals surface area contributed by atoms with E-state index in [0.29, 0.717) is 5.52 Å². The number of aromatic nitrogens is 2. The second kappa shape index (κ2) is 5.93. The Balaban J connectivity index is 2.04. The predicted octanol–water partition coefficient (Wildman–Crippen LogP) is 0.562. The number of imidazole rings is 1. The third kappa shape index (κ3) is 2.96. The number of piperidine rings is 1. The average molecular weight is 336 g/mol. The Hall–Kier alpha value is -1.93. The van der Waals surface area contributed by atoms with Gasteiger partial charge < -0.3 is 10.2 Å². The van der Waals surface area contributed by atoms with Crippen LogP contribution in [0.4, 0.5) is 0 Å². The highest BCUT2D eigenvalue weighted by Gasteiger charge is 2.28. The maximum absolute atomic E-state index is 12.8. The van der Waals surface area contributed by atoms with E-state index in [-0.39, 0.29) is 22.8 Å². The van der Waals surface area contributed by atoms with Crippen LogP contribution >= 0.6 is 0 Å². The highest BCUT2D eigenvalue weighted by Crippen LogP contribution is 2.20. The quantitative estimate of drug-likeness (QED) is 0.885. The molecular formula is C15H20N4O3S. The summed E-state index contributed by atoms with van der Waals surface area (Å²) >= 11 is 0. The molecule has 2 aromatic rings. The van der Waals surface area contributed by atoms with Crippen LogP contribution in [0.1, 0.15) is 23.3 Å². The number of pyridine rings is 1. The summed E-state index contributed by atoms with van der Waals surface area (Å²) in [4.78, 5) is 18.7. The Morgan fingerprint density at radius 1 is 1.35 bits per heavy atom. The molecule has 0 aliphatic carbocycles. The lowest BCUT2D eigenvalue weighted by Crippen LogP contribution is -2.44. The van der Waals surface area contributed by atoms with Crippen molar-refractivity contribution in [1.82, 2.24) is 19.6 Å². The molecule has 7 nitrogen and oxygen atoms in total. The van der Waals surface area contributed by atoms with Gasteiger partial charge in [0.15, 0.2) is 5.69 Å². The number of hydrogen-bond acceptors (Lipinski definition) is 5. The maximum atomic E-state index is 12.8. The number of amides is 1. The summed E-state index contributed by atoms with van der Waals surface area (Å²) in [5, 5.41) is 3.16. The van der Waals surface area contributed by atoms with Crippen LogP contribution in [0.15, 0.2) is 29.6 Å². The minimum absolute atomic E-state index is 0.102. The Kier molecular flexibility index (Phi) is 4.11. The highest BCUT2D eigenvalue weighted by atomic mass is 32.2. The molecule has 2 aromatic heterocycles. The first kappa shape index (κ1) is 15.9. The molecule has 0 atom stereocenters. The lowest BCUT2D eigenvalue weighted by Gasteiger charge is -2.31. The van der Waals surface area contributed by atoms with Gasteiger partial charge in [-0.1, -0.05) is 6.07 Å². The fourth-order valence-electron chi connectivity index (χ4n) is 2.96. The SMILES string of the molecule is CN(C(=O)c1nc(S(C)(=O)=O)n2ccccc12)C1CCNCC1. The molecular weight excluding hydrogens is 316 g/mol. The van der Waals surface area contributed by atoms with Crippen LogP contribution in [0.2, 0.25) is 0 Å². The largest absolute Gasteiger partial charge is 0.337 e. The summed E-state index contributed by atoms with van der Waals surface area (Å²) in [6.07, 6.45) is 4.47. The second-order valence-corrected chi connectivity index (χ2v) is 7.78. The predicted molar refractivity (Wildman–Crippen MR) is 86.3 cm³/mol. The van der Waals surface area contributed by atoms with Crippen molar-refractivity contribution in [3.05, 3.63) is 30.1 Å². The fraction of sp³-hybridized carbons (Fsp3) is 0.467. The van der Waals surface area contributed by atoms with Gasteiger partial charge in [0.2, 0.25) is 15.0 Å². The van der Waals surface area contributed by atoms with Gasteiger partial charge in [0, 0.05) is 25.5 Å². The number of rotatable bonds is 3. The minimum Gasteiger partial charge on any atom is -0.337 e. The smallest absolute Gasteiger partial charge is 0.274 e. The summed E-state index contributed by atoms with van der Waals surface area (Å²) in [7, 11) is -1.77. The lowest BCUT2D eigenvalue weighted by atomic mass is 10.1. The van der Waals surface area contributed by atoms with Crippen molar-refractivity contribution >= 4 is 21.3 Å². The van der Waals surface area contributed by atoms with E-state index in [1.807, 2.05) is 0 Å². The molecule has 3 heterocycles. The van der Waals surface area contributed by atoms with Gasteiger partial charge in [-0.15, -0.1) is 0 Å². The summed E-state index contributed by atoms with van der Waals surface area (Å²) in [6, 6.07) is 5.34. The van der Waals surface area contributed by atoms with E-state index in [0.717, 1.165) is 32.2 Å². The Morgan fingerprint density at radius 3 is 2.70 bits per heavy atom. The highest BCUT2D eigenvalue weighted by molar-refractivity contribution is 7.90. The van der Waals surface area contributed by atoms with Crippen LogP contribution in [0, 0.1) is 0 Å². The maximum Gasteiger partial charge on any atom is 0.274 e. The van der Waals surface area contributed by atoms with Crippen molar-refractivity contribution < 1.29 is 13.2 Å². The van der Waals surface area contributed by atoms with Crippen molar-refractivity contribution in [3.8, 4) is 0 Å². The van der Waals surface area contributed by atoms with E-state index in [9.17, 15) is 13.2 Å². The minimum atomic E-state index is -3.52. The van der Waals surface area contributed by atoms with Gasteiger partial charge in [-0.05, 0) is 38.1 Å². The third-order valence-electron chi connectivity index (χ3n) is 4.23. The fourth-order valence-corrected chi connectivity index (χ4v) is 3.73. The number of carbonyl (C=O) groups is 1. The van der Waals surface area contributed by atoms with Crippen LogP contribution in [-0.2, 0) is 9.84 Å². The van der Waals surface area contributed by atoms with E-state index in [2.05, 4.69) is 10.3 Å². The zero-order valence-electron chi connectivity index (χ0n) is 13.2. The van der Waals surface area contributed by atoms with Crippen LogP contribution in [0.25, 0.3) is 5.52 Å². The Bertz CT molecular complexity index is 838. The Morgan fingerprint density at radius 2 is 2.04 bits per heavy atom. The van der Waals surface area contributed by atoms with Gasteiger partial charge in [0.05, 0.1) is 5.52 Å². The van der Waals surface area contributed by atoms with E-state index in [1.165, 1.54) is 4.40 Å². The van der Waals surface area contributed by atoms with Gasteiger partial charge in [0.25, 0.3) is 5.91 Å². The topological polar surface area (TPSA) is 83.8 Å². The summed E-state index contributed by atoms with van der Waals surface area (Å²) in [6.45, 7) is 1.75. The molecule has 0 bridgehead atoms. The second-order valence-electron chi connectivity index (χ2n) is 5.87. The van der Waals surface area contributed by atoms with E-state index < -0.39 is 9.84 Å². The molecule has 1 aliphatic rings. The number of fused-ring (bicyclic) bond motifs is 1. The number of nitrogens with one attached hydrogen (secondary N) is 1. The van der Waals surface area contributed by atoms with Gasteiger partial charge in [0.1, 0.15) is 0 Å². The zero-order valence-corrected chi connectivity index (χ0v) is 14.0. The van der Waals surface area contributed by atoms with E-state index in [1.54, 1.807) is 36.3 Å². The van der Waals surface area contributed by atoms with Crippen LogP contribution in [-0.4, -0.2) is 61.0 Å². The van der Waals surface area contributed by atoms with Gasteiger partial charge >= 0.3 is 0 Å². The molecule has 8 heteroatoms. The molecule has 1 aliphatic heterocycles. The molecule has 1 amide bonds. The van der Waals surface area contributed by atoms with Crippen molar-refractivity contribution in [1.29, 1.82) is 0 Å². The first-order valence-electron chi connectivity index (χ1n) is 7.54. The van der Waals surface area contributed by atoms with Crippen molar-refractivity contribution in [2.45, 2.75) is 24.0 Å². The third-order valence-corrected chi connectivity index (χ3v) is 5.18. The first-order valence-corrected chi connectivity index (χ1v) is 9.44. The summed E-state index contributed by atoms with van der Waals surface area (Å²) in [5.74, 6) is -0.240. The molecule has 0 spiro atoms. The molecule has 0 aromatic carbocycles. The molecule has 0 saturated carbocycles. The summed E-state index contributed by atoms with van der Waals surface area (Å²) < 4.78 is 25.3. The van der Waals surface area contributed by atoms with Crippen molar-refractivity contribution in [2.75, 3.05) is 26.4 Å². The normalized spacial score (nSPS) is 16.6. The number of sulfone groups is 1. The molecule has 1 fully saturated rings. The Labute approximate surface area is 135 Å². The summed E-state index contributed by atoms with van der Waals surface area (Å²) in [5.41, 5.74) is 0.700. The van der Waals surface area contributed by atoms with Crippen LogP contribution in [0.3, 0.4) is 0 Å². The van der Waals surface area contributed by atoms with E-state index >= 15 is 0 Å². The van der Waals surface area contributed by atoms with E-state index in [4.69, 9.17) is 0 Å². The number of carbonyl (C=O) groups excluding carboxylic acids is 1. The van der Waals surface area contributed by atoms with Gasteiger partial charge in [-0.3, -0.25) is 9.20 Å². The number of hydrogen-bond donors (Lipinski definition) is 1. The molecule has 0 unspecified atom stereocenters. The van der Waals surface area contributed by atoms with Crippen LogP contribution < -0.4 is 5.32 Å². The average Bonchev–Trinajstić information content (AvgIpc) is 2.94. The molecule has 1 saturated heterocycles. The van der Waals surface area contributed by atoms with Gasteiger partial charge in [-0.25, -0.2) is 13.4 Å². The lowest BCUT2D eigenvalue weighted by molar-refractivity contribution is 0.0699. The van der Waals surface area contributed by atoms with Crippen molar-refractivity contribution in [3.63, 3.8) is 0 Å². The molecule has 124 valence electrons. The molecule has 23 heavy (non-hydrogen) atoms. The monoisotopic (exact) mass is 336 g/mol. The van der Waals surface area contributed by atoms with Crippen LogP contribution in [0.5, 0.6) is 0 Å². The zero-order chi connectivity index (χ0) is 16.6. The van der Waals surface area contributed by atoms with Crippen molar-refractivity contribution in [2.24, 2.45) is 0 Å². The number of nitrogens with zero attached hydrogens (tertiary/aromatic N) is 3. The standard InChI is InChI=1S/C15H20N4O3S/c1-18(11-6-8-16-9-7-11)14(20)13-12-5-3-4-10-19(12)15(17-13)23(2,21)22/h3-5,10-11,16H,6-9H2,1-2H3.